The highest BCUT2D eigenvalue weighted by atomic mass is 79.9. The molecule has 0 heterocycles. The molecule has 0 aliphatic rings. The van der Waals surface area contributed by atoms with E-state index in [1.54, 1.807) is 11.8 Å². The van der Waals surface area contributed by atoms with E-state index < -0.39 is 0 Å². The summed E-state index contributed by atoms with van der Waals surface area (Å²) in [5, 5.41) is 3.48. The number of hydrogen-bond donors (Lipinski definition) is 0. The van der Waals surface area contributed by atoms with Crippen molar-refractivity contribution in [2.24, 2.45) is 5.11 Å². The van der Waals surface area contributed by atoms with Crippen LogP contribution in [0.4, 0.5) is 0 Å². The Balaban J connectivity index is 2.27. The Morgan fingerprint density at radius 3 is 3.07 bits per heavy atom. The monoisotopic (exact) mass is 271 g/mol. The Kier molecular flexibility index (Phi) is 5.52. The second kappa shape index (κ2) is 6.76. The van der Waals surface area contributed by atoms with Crippen molar-refractivity contribution in [3.05, 3.63) is 39.2 Å². The van der Waals surface area contributed by atoms with Gasteiger partial charge < -0.3 is 0 Å². The molecule has 0 amide bonds. The first kappa shape index (κ1) is 11.4. The summed E-state index contributed by atoms with van der Waals surface area (Å²) in [6.45, 7) is 0.581. The third-order valence-corrected chi connectivity index (χ3v) is 3.10. The lowest BCUT2D eigenvalue weighted by molar-refractivity contribution is 0.932. The van der Waals surface area contributed by atoms with Crippen LogP contribution in [0.15, 0.2) is 38.7 Å². The van der Waals surface area contributed by atoms with Crippen molar-refractivity contribution in [2.45, 2.75) is 11.3 Å². The largest absolute Gasteiger partial charge is 0.126 e. The smallest absolute Gasteiger partial charge is 0.0265 e. The molecule has 0 bridgehead atoms. The second-order valence-corrected chi connectivity index (χ2v) is 4.70. The molecule has 0 aliphatic heterocycles. The van der Waals surface area contributed by atoms with Crippen molar-refractivity contribution in [1.82, 2.24) is 0 Å². The number of benzene rings is 1. The molecule has 14 heavy (non-hydrogen) atoms. The van der Waals surface area contributed by atoms with E-state index in [2.05, 4.69) is 38.1 Å². The molecule has 1 rings (SSSR count). The molecule has 3 nitrogen and oxygen atoms in total. The van der Waals surface area contributed by atoms with Gasteiger partial charge in [0.05, 0.1) is 0 Å². The van der Waals surface area contributed by atoms with Crippen molar-refractivity contribution >= 4 is 27.7 Å². The zero-order valence-corrected chi connectivity index (χ0v) is 9.96. The van der Waals surface area contributed by atoms with Gasteiger partial charge in [-0.3, -0.25) is 0 Å². The van der Waals surface area contributed by atoms with Crippen LogP contribution in [-0.2, 0) is 0 Å². The Bertz CT molecular complexity index is 337. The quantitative estimate of drug-likeness (QED) is 0.260. The molecule has 5 heteroatoms. The molecule has 0 unspecified atom stereocenters. The minimum Gasteiger partial charge on any atom is -0.126 e. The van der Waals surface area contributed by atoms with Crippen LogP contribution in [0.5, 0.6) is 0 Å². The van der Waals surface area contributed by atoms with Crippen LogP contribution < -0.4 is 0 Å². The Morgan fingerprint density at radius 2 is 2.36 bits per heavy atom. The van der Waals surface area contributed by atoms with E-state index in [1.807, 2.05) is 12.1 Å². The predicted molar refractivity (Wildman–Crippen MR) is 63.5 cm³/mol. The van der Waals surface area contributed by atoms with E-state index in [9.17, 15) is 0 Å². The zero-order valence-electron chi connectivity index (χ0n) is 7.56. The van der Waals surface area contributed by atoms with Crippen molar-refractivity contribution in [3.63, 3.8) is 0 Å². The minimum absolute atomic E-state index is 0.581. The summed E-state index contributed by atoms with van der Waals surface area (Å²) < 4.78 is 1.09. The summed E-state index contributed by atoms with van der Waals surface area (Å²) in [7, 11) is 0. The maximum absolute atomic E-state index is 8.06. The number of halogens is 1. The molecule has 0 radical (unpaired) electrons. The van der Waals surface area contributed by atoms with Crippen molar-refractivity contribution in [1.29, 1.82) is 0 Å². The molecule has 0 spiro atoms. The highest BCUT2D eigenvalue weighted by molar-refractivity contribution is 9.10. The average Bonchev–Trinajstić information content (AvgIpc) is 2.18. The summed E-state index contributed by atoms with van der Waals surface area (Å²) in [4.78, 5) is 3.94. The van der Waals surface area contributed by atoms with Crippen LogP contribution in [0, 0.1) is 0 Å². The van der Waals surface area contributed by atoms with E-state index in [4.69, 9.17) is 5.53 Å². The Labute approximate surface area is 95.7 Å². The molecule has 0 saturated carbocycles. The second-order valence-electron chi connectivity index (χ2n) is 2.61. The molecule has 1 aromatic carbocycles. The van der Waals surface area contributed by atoms with Gasteiger partial charge >= 0.3 is 0 Å². The fourth-order valence-electron chi connectivity index (χ4n) is 0.927. The summed E-state index contributed by atoms with van der Waals surface area (Å²) >= 11 is 5.19. The van der Waals surface area contributed by atoms with Crippen LogP contribution in [-0.4, -0.2) is 12.3 Å². The summed E-state index contributed by atoms with van der Waals surface area (Å²) in [5.74, 6) is 0.982. The topological polar surface area (TPSA) is 48.8 Å². The minimum atomic E-state index is 0.581. The van der Waals surface area contributed by atoms with E-state index in [0.717, 1.165) is 16.6 Å². The molecular weight excluding hydrogens is 262 g/mol. The van der Waals surface area contributed by atoms with Gasteiger partial charge in [-0.05, 0) is 35.9 Å². The standard InChI is InChI=1S/C9H10BrN3S/c10-8-3-1-4-9(7-8)14-6-2-5-12-13-11/h1,3-4,7H,2,5-6H2. The maximum Gasteiger partial charge on any atom is 0.0265 e. The van der Waals surface area contributed by atoms with Crippen LogP contribution in [0.1, 0.15) is 6.42 Å². The van der Waals surface area contributed by atoms with Gasteiger partial charge in [0.15, 0.2) is 0 Å². The van der Waals surface area contributed by atoms with Gasteiger partial charge in [0, 0.05) is 20.8 Å². The van der Waals surface area contributed by atoms with Crippen molar-refractivity contribution in [2.75, 3.05) is 12.3 Å². The average molecular weight is 272 g/mol. The molecule has 0 atom stereocenters. The Hall–Kier alpha value is -0.640. The van der Waals surface area contributed by atoms with Crippen molar-refractivity contribution < 1.29 is 0 Å². The van der Waals surface area contributed by atoms with E-state index in [-0.39, 0.29) is 0 Å². The highest BCUT2D eigenvalue weighted by Gasteiger charge is 1.94. The van der Waals surface area contributed by atoms with Gasteiger partial charge in [-0.2, -0.15) is 0 Å². The number of azide groups is 1. The van der Waals surface area contributed by atoms with Gasteiger partial charge in [-0.1, -0.05) is 27.1 Å². The van der Waals surface area contributed by atoms with Gasteiger partial charge in [-0.15, -0.1) is 11.8 Å². The van der Waals surface area contributed by atoms with Gasteiger partial charge in [-0.25, -0.2) is 0 Å². The van der Waals surface area contributed by atoms with E-state index in [1.165, 1.54) is 4.90 Å². The number of hydrogen-bond acceptors (Lipinski definition) is 2. The Morgan fingerprint density at radius 1 is 1.50 bits per heavy atom. The predicted octanol–water partition coefficient (Wildman–Crippen LogP) is 4.24. The lowest BCUT2D eigenvalue weighted by Gasteiger charge is -2.00. The highest BCUT2D eigenvalue weighted by Crippen LogP contribution is 2.22. The summed E-state index contributed by atoms with van der Waals surface area (Å²) in [6, 6.07) is 8.17. The summed E-state index contributed by atoms with van der Waals surface area (Å²) in [6.07, 6.45) is 0.918. The molecule has 0 aliphatic carbocycles. The van der Waals surface area contributed by atoms with Crippen LogP contribution in [0.3, 0.4) is 0 Å². The fraction of sp³-hybridized carbons (Fsp3) is 0.333. The lowest BCUT2D eigenvalue weighted by atomic mass is 10.4. The first-order valence-electron chi connectivity index (χ1n) is 4.22. The summed E-state index contributed by atoms with van der Waals surface area (Å²) in [5.41, 5.74) is 8.06. The molecule has 0 saturated heterocycles. The van der Waals surface area contributed by atoms with E-state index >= 15 is 0 Å². The van der Waals surface area contributed by atoms with Gasteiger partial charge in [0.1, 0.15) is 0 Å². The third-order valence-electron chi connectivity index (χ3n) is 1.53. The first-order chi connectivity index (χ1) is 6.83. The molecule has 74 valence electrons. The number of thioether (sulfide) groups is 1. The zero-order chi connectivity index (χ0) is 10.2. The van der Waals surface area contributed by atoms with Gasteiger partial charge in [0.25, 0.3) is 0 Å². The molecule has 0 aromatic heterocycles. The molecule has 0 N–H and O–H groups in total. The van der Waals surface area contributed by atoms with Crippen LogP contribution in [0.25, 0.3) is 10.4 Å². The maximum atomic E-state index is 8.06. The SMILES string of the molecule is [N-]=[N+]=NCCCSc1cccc(Br)c1. The van der Waals surface area contributed by atoms with Gasteiger partial charge in [0.2, 0.25) is 0 Å². The normalized spacial score (nSPS) is 9.50. The molecule has 0 fully saturated rings. The number of rotatable bonds is 5. The number of nitrogens with zero attached hydrogens (tertiary/aromatic N) is 3. The lowest BCUT2D eigenvalue weighted by Crippen LogP contribution is -1.83. The molecular formula is C9H10BrN3S. The van der Waals surface area contributed by atoms with Crippen molar-refractivity contribution in [3.8, 4) is 0 Å². The first-order valence-corrected chi connectivity index (χ1v) is 6.00. The van der Waals surface area contributed by atoms with Crippen LogP contribution in [0.2, 0.25) is 0 Å². The van der Waals surface area contributed by atoms with E-state index in [0.29, 0.717) is 6.54 Å². The fourth-order valence-corrected chi connectivity index (χ4v) is 2.37. The van der Waals surface area contributed by atoms with Crippen LogP contribution >= 0.6 is 27.7 Å². The third kappa shape index (κ3) is 4.56. The molecule has 1 aromatic rings.